The lowest BCUT2D eigenvalue weighted by Crippen LogP contribution is -2.52. The molecule has 2 N–H and O–H groups in total. The SMILES string of the molecule is CCCN(CCC)S(=O)(=O)C1C=CC(N)([N+](=O)[O-])C([N+](=O)[O-])=C1. The van der Waals surface area contributed by atoms with Crippen LogP contribution >= 0.6 is 0 Å². The summed E-state index contributed by atoms with van der Waals surface area (Å²) >= 11 is 0. The predicted molar refractivity (Wildman–Crippen MR) is 83.0 cm³/mol. The lowest BCUT2D eigenvalue weighted by molar-refractivity contribution is -0.583. The molecule has 0 aromatic heterocycles. The van der Waals surface area contributed by atoms with Crippen LogP contribution in [-0.2, 0) is 10.0 Å². The highest BCUT2D eigenvalue weighted by molar-refractivity contribution is 7.90. The summed E-state index contributed by atoms with van der Waals surface area (Å²) in [7, 11) is -3.90. The summed E-state index contributed by atoms with van der Waals surface area (Å²) in [6.45, 7) is 4.16. The van der Waals surface area contributed by atoms with Crippen molar-refractivity contribution in [2.24, 2.45) is 5.73 Å². The van der Waals surface area contributed by atoms with Crippen LogP contribution in [0, 0.1) is 20.2 Å². The van der Waals surface area contributed by atoms with Gasteiger partial charge in [0, 0.05) is 25.2 Å². The second-order valence-corrected chi connectivity index (χ2v) is 7.25. The lowest BCUT2D eigenvalue weighted by Gasteiger charge is -2.26. The maximum absolute atomic E-state index is 12.6. The van der Waals surface area contributed by atoms with E-state index in [1.165, 1.54) is 4.31 Å². The molecule has 23 heavy (non-hydrogen) atoms. The van der Waals surface area contributed by atoms with Gasteiger partial charge in [-0.3, -0.25) is 26.0 Å². The molecule has 0 aliphatic heterocycles. The second kappa shape index (κ2) is 7.15. The Morgan fingerprint density at radius 1 is 1.26 bits per heavy atom. The lowest BCUT2D eigenvalue weighted by atomic mass is 10.0. The predicted octanol–water partition coefficient (Wildman–Crippen LogP) is 0.469. The van der Waals surface area contributed by atoms with Crippen LogP contribution in [0.15, 0.2) is 23.9 Å². The van der Waals surface area contributed by atoms with Crippen molar-refractivity contribution in [2.75, 3.05) is 13.1 Å². The molecular weight excluding hydrogens is 328 g/mol. The van der Waals surface area contributed by atoms with Gasteiger partial charge in [-0.05, 0) is 12.8 Å². The monoisotopic (exact) mass is 348 g/mol. The van der Waals surface area contributed by atoms with Gasteiger partial charge >= 0.3 is 11.4 Å². The van der Waals surface area contributed by atoms with Gasteiger partial charge in [0.15, 0.2) is 0 Å². The molecule has 1 aliphatic rings. The van der Waals surface area contributed by atoms with E-state index in [-0.39, 0.29) is 13.1 Å². The van der Waals surface area contributed by atoms with Gasteiger partial charge in [-0.15, -0.1) is 0 Å². The van der Waals surface area contributed by atoms with Gasteiger partial charge < -0.3 is 0 Å². The molecule has 0 saturated carbocycles. The molecule has 1 aliphatic carbocycles. The quantitative estimate of drug-likeness (QED) is 0.290. The van der Waals surface area contributed by atoms with Crippen LogP contribution < -0.4 is 5.73 Å². The third-order valence-electron chi connectivity index (χ3n) is 3.42. The zero-order valence-electron chi connectivity index (χ0n) is 12.9. The Labute approximate surface area is 134 Å². The molecule has 0 heterocycles. The van der Waals surface area contributed by atoms with E-state index in [1.54, 1.807) is 0 Å². The Morgan fingerprint density at radius 3 is 2.17 bits per heavy atom. The van der Waals surface area contributed by atoms with Crippen molar-refractivity contribution in [3.8, 4) is 0 Å². The third kappa shape index (κ3) is 3.74. The molecule has 1 rings (SSSR count). The topological polar surface area (TPSA) is 150 Å². The minimum absolute atomic E-state index is 0.269. The number of nitrogens with two attached hydrogens (primary N) is 1. The zero-order chi connectivity index (χ0) is 17.8. The van der Waals surface area contributed by atoms with E-state index >= 15 is 0 Å². The highest BCUT2D eigenvalue weighted by atomic mass is 32.2. The summed E-state index contributed by atoms with van der Waals surface area (Å²) in [6.07, 6.45) is 3.71. The summed E-state index contributed by atoms with van der Waals surface area (Å²) in [5.74, 6) is 0. The molecule has 2 unspecified atom stereocenters. The van der Waals surface area contributed by atoms with Crippen LogP contribution in [0.4, 0.5) is 0 Å². The molecular formula is C12H20N4O6S. The van der Waals surface area contributed by atoms with Gasteiger partial charge in [-0.1, -0.05) is 19.9 Å². The first-order valence-electron chi connectivity index (χ1n) is 7.09. The van der Waals surface area contributed by atoms with E-state index in [9.17, 15) is 28.6 Å². The van der Waals surface area contributed by atoms with Crippen molar-refractivity contribution in [2.45, 2.75) is 37.6 Å². The van der Waals surface area contributed by atoms with Crippen LogP contribution in [0.25, 0.3) is 0 Å². The summed E-state index contributed by atoms with van der Waals surface area (Å²) in [5, 5.41) is 20.7. The Bertz CT molecular complexity index is 638. The Morgan fingerprint density at radius 2 is 1.78 bits per heavy atom. The average Bonchev–Trinajstić information content (AvgIpc) is 2.46. The van der Waals surface area contributed by atoms with E-state index in [2.05, 4.69) is 0 Å². The molecule has 0 radical (unpaired) electrons. The van der Waals surface area contributed by atoms with Crippen LogP contribution in [0.2, 0.25) is 0 Å². The normalized spacial score (nSPS) is 24.5. The van der Waals surface area contributed by atoms with Crippen molar-refractivity contribution in [1.82, 2.24) is 4.31 Å². The van der Waals surface area contributed by atoms with Gasteiger partial charge in [0.25, 0.3) is 0 Å². The third-order valence-corrected chi connectivity index (χ3v) is 5.49. The minimum atomic E-state index is -3.90. The Kier molecular flexibility index (Phi) is 5.97. The van der Waals surface area contributed by atoms with Crippen molar-refractivity contribution < 1.29 is 18.3 Å². The van der Waals surface area contributed by atoms with Crippen LogP contribution in [0.5, 0.6) is 0 Å². The fourth-order valence-electron chi connectivity index (χ4n) is 2.26. The van der Waals surface area contributed by atoms with E-state index < -0.39 is 36.5 Å². The number of hydrogen-bond acceptors (Lipinski definition) is 7. The smallest absolute Gasteiger partial charge is 0.262 e. The van der Waals surface area contributed by atoms with E-state index in [1.807, 2.05) is 13.8 Å². The Hall–Kier alpha value is -1.85. The van der Waals surface area contributed by atoms with Crippen LogP contribution in [-0.4, -0.2) is 46.6 Å². The zero-order valence-corrected chi connectivity index (χ0v) is 13.7. The van der Waals surface area contributed by atoms with Crippen LogP contribution in [0.3, 0.4) is 0 Å². The molecule has 0 bridgehead atoms. The number of hydrogen-bond donors (Lipinski definition) is 1. The molecule has 10 nitrogen and oxygen atoms in total. The number of nitro groups is 2. The van der Waals surface area contributed by atoms with Gasteiger partial charge in [0.1, 0.15) is 5.25 Å². The first kappa shape index (κ1) is 19.2. The standard InChI is InChI=1S/C12H20N4O6S/c1-3-7-14(8-4-2)23(21,22)10-5-6-12(13,16(19)20)11(9-10)15(17)18/h5-6,9-10H,3-4,7-8,13H2,1-2H3. The maximum Gasteiger partial charge on any atom is 0.380 e. The maximum atomic E-state index is 12.6. The van der Waals surface area contributed by atoms with Crippen LogP contribution in [0.1, 0.15) is 26.7 Å². The fraction of sp³-hybridized carbons (Fsp3) is 0.667. The molecule has 0 amide bonds. The molecule has 0 saturated heterocycles. The highest BCUT2D eigenvalue weighted by Crippen LogP contribution is 2.27. The largest absolute Gasteiger partial charge is 0.380 e. The molecule has 0 aromatic rings. The molecule has 0 spiro atoms. The van der Waals surface area contributed by atoms with Crippen molar-refractivity contribution >= 4 is 10.0 Å². The van der Waals surface area contributed by atoms with E-state index in [0.717, 1.165) is 18.2 Å². The summed E-state index contributed by atoms with van der Waals surface area (Å²) in [4.78, 5) is 20.1. The summed E-state index contributed by atoms with van der Waals surface area (Å²) in [6, 6.07) is 0. The first-order valence-corrected chi connectivity index (χ1v) is 8.60. The van der Waals surface area contributed by atoms with Crippen molar-refractivity contribution in [1.29, 1.82) is 0 Å². The molecule has 11 heteroatoms. The van der Waals surface area contributed by atoms with E-state index in [4.69, 9.17) is 5.73 Å². The molecule has 0 aromatic carbocycles. The van der Waals surface area contributed by atoms with Gasteiger partial charge in [0.05, 0.1) is 9.85 Å². The number of nitrogens with zero attached hydrogens (tertiary/aromatic N) is 3. The minimum Gasteiger partial charge on any atom is -0.262 e. The van der Waals surface area contributed by atoms with Gasteiger partial charge in [-0.25, -0.2) is 12.7 Å². The molecule has 2 atom stereocenters. The first-order chi connectivity index (χ1) is 10.6. The van der Waals surface area contributed by atoms with Crippen molar-refractivity contribution in [3.05, 3.63) is 44.2 Å². The summed E-state index contributed by atoms with van der Waals surface area (Å²) < 4.78 is 26.5. The fourth-order valence-corrected chi connectivity index (χ4v) is 4.05. The molecule has 130 valence electrons. The molecule has 0 fully saturated rings. The number of sulfonamides is 1. The average molecular weight is 348 g/mol. The second-order valence-electron chi connectivity index (χ2n) is 5.16. The van der Waals surface area contributed by atoms with E-state index in [0.29, 0.717) is 12.8 Å². The highest BCUT2D eigenvalue weighted by Gasteiger charge is 2.52. The summed E-state index contributed by atoms with van der Waals surface area (Å²) in [5.41, 5.74) is 1.96. The van der Waals surface area contributed by atoms with Crippen molar-refractivity contribution in [3.63, 3.8) is 0 Å². The number of rotatable bonds is 8. The van der Waals surface area contributed by atoms with Gasteiger partial charge in [-0.2, -0.15) is 0 Å². The Balaban J connectivity index is 3.29. The van der Waals surface area contributed by atoms with Gasteiger partial charge in [0.2, 0.25) is 10.0 Å².